The van der Waals surface area contributed by atoms with E-state index in [2.05, 4.69) is 10.1 Å². The molecule has 1 fully saturated rings. The van der Waals surface area contributed by atoms with Crippen LogP contribution in [0.5, 0.6) is 0 Å². The van der Waals surface area contributed by atoms with E-state index in [1.807, 2.05) is 0 Å². The van der Waals surface area contributed by atoms with Gasteiger partial charge in [0.1, 0.15) is 5.52 Å². The van der Waals surface area contributed by atoms with E-state index in [1.165, 1.54) is 0 Å². The Morgan fingerprint density at radius 1 is 1.40 bits per heavy atom. The van der Waals surface area contributed by atoms with Crippen molar-refractivity contribution in [2.75, 3.05) is 12.3 Å². The molecule has 0 aromatic carbocycles. The first kappa shape index (κ1) is 13.3. The van der Waals surface area contributed by atoms with E-state index in [1.54, 1.807) is 24.0 Å². The molecule has 5 N–H and O–H groups in total. The summed E-state index contributed by atoms with van der Waals surface area (Å²) in [7, 11) is 1.78. The van der Waals surface area contributed by atoms with Gasteiger partial charge < -0.3 is 21.1 Å². The molecule has 0 aliphatic heterocycles. The molecule has 1 aliphatic carbocycles. The summed E-state index contributed by atoms with van der Waals surface area (Å²) in [6.07, 6.45) is 0.272. The Morgan fingerprint density at radius 2 is 2.15 bits per heavy atom. The molecule has 1 aliphatic rings. The number of aromatic nitrogens is 3. The van der Waals surface area contributed by atoms with Crippen molar-refractivity contribution in [3.05, 3.63) is 18.0 Å². The maximum atomic E-state index is 10.2. The Labute approximate surface area is 115 Å². The molecule has 108 valence electrons. The van der Waals surface area contributed by atoms with Crippen LogP contribution < -0.4 is 5.73 Å². The van der Waals surface area contributed by atoms with Gasteiger partial charge in [0, 0.05) is 37.1 Å². The fraction of sp³-hybridized carbons (Fsp3) is 0.538. The molecule has 0 radical (unpaired) electrons. The predicted molar refractivity (Wildman–Crippen MR) is 72.9 cm³/mol. The molecule has 4 atom stereocenters. The number of nitrogens with two attached hydrogens (primary N) is 1. The van der Waals surface area contributed by atoms with Crippen LogP contribution in [0.2, 0.25) is 0 Å². The second-order valence-corrected chi connectivity index (χ2v) is 5.37. The normalized spacial score (nSPS) is 30.2. The van der Waals surface area contributed by atoms with Gasteiger partial charge in [0.25, 0.3) is 0 Å². The van der Waals surface area contributed by atoms with Gasteiger partial charge in [-0.1, -0.05) is 0 Å². The zero-order chi connectivity index (χ0) is 14.4. The van der Waals surface area contributed by atoms with E-state index < -0.39 is 12.2 Å². The number of fused-ring (bicyclic) bond motifs is 1. The highest BCUT2D eigenvalue weighted by Gasteiger charge is 2.43. The molecule has 2 aromatic rings. The molecule has 7 nitrogen and oxygen atoms in total. The van der Waals surface area contributed by atoms with Gasteiger partial charge in [0.2, 0.25) is 0 Å². The van der Waals surface area contributed by atoms with Crippen molar-refractivity contribution in [3.63, 3.8) is 0 Å². The van der Waals surface area contributed by atoms with Crippen molar-refractivity contribution in [1.29, 1.82) is 0 Å². The molecule has 2 heterocycles. The fourth-order valence-electron chi connectivity index (χ4n) is 3.18. The van der Waals surface area contributed by atoms with Crippen molar-refractivity contribution >= 4 is 16.7 Å². The molecule has 0 bridgehead atoms. The van der Waals surface area contributed by atoms with Crippen molar-refractivity contribution < 1.29 is 15.3 Å². The highest BCUT2D eigenvalue weighted by molar-refractivity contribution is 5.89. The van der Waals surface area contributed by atoms with Crippen LogP contribution in [0, 0.1) is 5.92 Å². The minimum Gasteiger partial charge on any atom is -0.396 e. The van der Waals surface area contributed by atoms with Crippen LogP contribution in [0.1, 0.15) is 18.0 Å². The lowest BCUT2D eigenvalue weighted by atomic mass is 9.97. The number of anilines is 1. The Kier molecular flexibility index (Phi) is 3.12. The summed E-state index contributed by atoms with van der Waals surface area (Å²) in [6.45, 7) is -0.145. The molecule has 0 spiro atoms. The second kappa shape index (κ2) is 4.69. The van der Waals surface area contributed by atoms with Crippen molar-refractivity contribution in [2.24, 2.45) is 13.0 Å². The van der Waals surface area contributed by atoms with Crippen LogP contribution in [0.25, 0.3) is 10.9 Å². The molecule has 20 heavy (non-hydrogen) atoms. The van der Waals surface area contributed by atoms with Gasteiger partial charge in [0.15, 0.2) is 5.82 Å². The van der Waals surface area contributed by atoms with Gasteiger partial charge >= 0.3 is 0 Å². The molecular formula is C13H18N4O3. The third-order valence-electron chi connectivity index (χ3n) is 4.21. The van der Waals surface area contributed by atoms with E-state index in [-0.39, 0.29) is 18.4 Å². The minimum atomic E-state index is -0.922. The summed E-state index contributed by atoms with van der Waals surface area (Å²) in [4.78, 5) is 4.00. The number of rotatable bonds is 2. The Hall–Kier alpha value is -1.70. The van der Waals surface area contributed by atoms with Crippen molar-refractivity contribution in [1.82, 2.24) is 14.8 Å². The van der Waals surface area contributed by atoms with E-state index >= 15 is 0 Å². The topological polar surface area (TPSA) is 117 Å². The number of nitrogen functional groups attached to an aromatic ring is 1. The Morgan fingerprint density at radius 3 is 2.80 bits per heavy atom. The van der Waals surface area contributed by atoms with E-state index in [0.29, 0.717) is 17.8 Å². The first-order valence-electron chi connectivity index (χ1n) is 6.58. The first-order chi connectivity index (χ1) is 9.54. The van der Waals surface area contributed by atoms with Crippen LogP contribution in [-0.4, -0.2) is 48.9 Å². The summed E-state index contributed by atoms with van der Waals surface area (Å²) in [6, 6.07) is 1.80. The highest BCUT2D eigenvalue weighted by Crippen LogP contribution is 2.41. The van der Waals surface area contributed by atoms with E-state index in [4.69, 9.17) is 5.73 Å². The monoisotopic (exact) mass is 278 g/mol. The van der Waals surface area contributed by atoms with Crippen LogP contribution in [0.3, 0.4) is 0 Å². The molecule has 0 unspecified atom stereocenters. The number of pyridine rings is 1. The van der Waals surface area contributed by atoms with Gasteiger partial charge in [-0.15, -0.1) is 0 Å². The molecular weight excluding hydrogens is 260 g/mol. The molecule has 3 rings (SSSR count). The average Bonchev–Trinajstić information content (AvgIpc) is 2.90. The zero-order valence-electron chi connectivity index (χ0n) is 11.1. The number of aliphatic hydroxyl groups excluding tert-OH is 3. The Bertz CT molecular complexity index is 642. The van der Waals surface area contributed by atoms with Crippen LogP contribution in [0.4, 0.5) is 5.82 Å². The van der Waals surface area contributed by atoms with Gasteiger partial charge in [-0.2, -0.15) is 5.10 Å². The molecule has 1 saturated carbocycles. The van der Waals surface area contributed by atoms with Gasteiger partial charge in [-0.05, 0) is 12.5 Å². The smallest absolute Gasteiger partial charge is 0.151 e. The third kappa shape index (κ3) is 1.78. The summed E-state index contributed by atoms with van der Waals surface area (Å²) in [5, 5.41) is 34.6. The lowest BCUT2D eigenvalue weighted by Crippen LogP contribution is -2.29. The van der Waals surface area contributed by atoms with Crippen LogP contribution in [0.15, 0.2) is 12.3 Å². The second-order valence-electron chi connectivity index (χ2n) is 5.37. The number of aryl methyl sites for hydroxylation is 1. The molecule has 7 heteroatoms. The van der Waals surface area contributed by atoms with Gasteiger partial charge in [-0.3, -0.25) is 4.68 Å². The minimum absolute atomic E-state index is 0.145. The third-order valence-corrected chi connectivity index (χ3v) is 4.21. The maximum Gasteiger partial charge on any atom is 0.151 e. The highest BCUT2D eigenvalue weighted by atomic mass is 16.3. The van der Waals surface area contributed by atoms with Crippen molar-refractivity contribution in [2.45, 2.75) is 24.5 Å². The Balaban J connectivity index is 2.11. The number of hydrogen-bond donors (Lipinski definition) is 4. The number of aliphatic hydroxyl groups is 3. The summed E-state index contributed by atoms with van der Waals surface area (Å²) < 4.78 is 1.67. The standard InChI is InChI=1S/C13H18N4O3/c1-17-10(7-2-3-15-13(14)9(7)16-17)8-4-6(5-18)11(19)12(8)20/h2-3,6,8,11-12,18-20H,4-5H2,1H3,(H2,14,15)/t6-,8+,11-,12+/m1/s1. The predicted octanol–water partition coefficient (Wildman–Crippen LogP) is -0.632. The van der Waals surface area contributed by atoms with Crippen molar-refractivity contribution in [3.8, 4) is 0 Å². The molecule has 0 amide bonds. The first-order valence-corrected chi connectivity index (χ1v) is 6.58. The number of hydrogen-bond acceptors (Lipinski definition) is 6. The summed E-state index contributed by atoms with van der Waals surface area (Å²) >= 11 is 0. The van der Waals surface area contributed by atoms with Gasteiger partial charge in [-0.25, -0.2) is 4.98 Å². The lowest BCUT2D eigenvalue weighted by molar-refractivity contribution is 0.00186. The lowest BCUT2D eigenvalue weighted by Gasteiger charge is -2.17. The quantitative estimate of drug-likeness (QED) is 0.581. The zero-order valence-corrected chi connectivity index (χ0v) is 11.1. The average molecular weight is 278 g/mol. The SMILES string of the molecule is Cn1nc2c(N)nccc2c1[C@@H]1C[C@H](CO)[C@@H](O)[C@H]1O. The summed E-state index contributed by atoms with van der Waals surface area (Å²) in [5.41, 5.74) is 7.23. The molecule has 2 aromatic heterocycles. The van der Waals surface area contributed by atoms with E-state index in [9.17, 15) is 15.3 Å². The summed E-state index contributed by atoms with van der Waals surface area (Å²) in [5.74, 6) is -0.255. The van der Waals surface area contributed by atoms with E-state index in [0.717, 1.165) is 11.1 Å². The fourth-order valence-corrected chi connectivity index (χ4v) is 3.18. The van der Waals surface area contributed by atoms with Crippen LogP contribution >= 0.6 is 0 Å². The molecule has 0 saturated heterocycles. The largest absolute Gasteiger partial charge is 0.396 e. The van der Waals surface area contributed by atoms with Gasteiger partial charge in [0.05, 0.1) is 17.9 Å². The van der Waals surface area contributed by atoms with Crippen LogP contribution in [-0.2, 0) is 7.05 Å². The maximum absolute atomic E-state index is 10.2. The number of nitrogens with zero attached hydrogens (tertiary/aromatic N) is 3.